The zero-order valence-corrected chi connectivity index (χ0v) is 17.3. The Bertz CT molecular complexity index is 1130. The number of aromatic nitrogens is 5. The van der Waals surface area contributed by atoms with Crippen molar-refractivity contribution in [3.05, 3.63) is 65.7 Å². The lowest BCUT2D eigenvalue weighted by molar-refractivity contribution is 0.102. The lowest BCUT2D eigenvalue weighted by atomic mass is 9.96. The van der Waals surface area contributed by atoms with Gasteiger partial charge in [-0.2, -0.15) is 5.10 Å². The number of carbonyl (C=O) groups excluding carboxylic acids is 1. The highest BCUT2D eigenvalue weighted by molar-refractivity contribution is 7.98. The van der Waals surface area contributed by atoms with Gasteiger partial charge in [-0.1, -0.05) is 44.7 Å². The highest BCUT2D eigenvalue weighted by Gasteiger charge is 2.18. The van der Waals surface area contributed by atoms with Crippen molar-refractivity contribution in [2.24, 2.45) is 0 Å². The van der Waals surface area contributed by atoms with Gasteiger partial charge in [0.1, 0.15) is 12.2 Å². The zero-order chi connectivity index (χ0) is 20.4. The second-order valence-electron chi connectivity index (χ2n) is 7.80. The molecular formula is C21H22N6OS. The molecule has 0 fully saturated rings. The van der Waals surface area contributed by atoms with E-state index in [1.807, 2.05) is 42.5 Å². The number of anilines is 1. The fourth-order valence-electron chi connectivity index (χ4n) is 2.81. The van der Waals surface area contributed by atoms with Gasteiger partial charge in [-0.15, -0.1) is 0 Å². The van der Waals surface area contributed by atoms with Crippen molar-refractivity contribution in [2.75, 3.05) is 5.32 Å². The van der Waals surface area contributed by atoms with Gasteiger partial charge in [-0.25, -0.2) is 9.97 Å². The van der Waals surface area contributed by atoms with Gasteiger partial charge in [0.2, 0.25) is 0 Å². The molecule has 0 spiro atoms. The first-order valence-corrected chi connectivity index (χ1v) is 10.3. The van der Waals surface area contributed by atoms with Crippen LogP contribution >= 0.6 is 11.8 Å². The molecule has 148 valence electrons. The number of H-pyrrole nitrogens is 2. The van der Waals surface area contributed by atoms with Gasteiger partial charge in [0, 0.05) is 22.4 Å². The Morgan fingerprint density at radius 1 is 1.14 bits per heavy atom. The van der Waals surface area contributed by atoms with Crippen LogP contribution < -0.4 is 5.32 Å². The number of nitrogens with zero attached hydrogens (tertiary/aromatic N) is 3. The number of imidazole rings is 1. The summed E-state index contributed by atoms with van der Waals surface area (Å²) in [6.45, 7) is 6.34. The quantitative estimate of drug-likeness (QED) is 0.423. The summed E-state index contributed by atoms with van der Waals surface area (Å²) in [5.74, 6) is 1.54. The first-order chi connectivity index (χ1) is 13.9. The minimum absolute atomic E-state index is 0.0596. The summed E-state index contributed by atoms with van der Waals surface area (Å²) in [5, 5.41) is 10.4. The summed E-state index contributed by atoms with van der Waals surface area (Å²) in [7, 11) is 0. The van der Waals surface area contributed by atoms with Crippen LogP contribution in [0, 0.1) is 0 Å². The van der Waals surface area contributed by atoms with Crippen LogP contribution in [0.3, 0.4) is 0 Å². The second-order valence-corrected chi connectivity index (χ2v) is 8.76. The van der Waals surface area contributed by atoms with Crippen molar-refractivity contribution >= 4 is 34.4 Å². The van der Waals surface area contributed by atoms with Crippen LogP contribution in [0.2, 0.25) is 0 Å². The number of rotatable bonds is 5. The van der Waals surface area contributed by atoms with Crippen molar-refractivity contribution in [1.29, 1.82) is 0 Å². The average molecular weight is 407 g/mol. The Kier molecular flexibility index (Phi) is 5.10. The maximum atomic E-state index is 12.6. The minimum atomic E-state index is -0.144. The van der Waals surface area contributed by atoms with E-state index in [1.54, 1.807) is 11.8 Å². The molecule has 0 radical (unpaired) electrons. The number of aromatic amines is 2. The van der Waals surface area contributed by atoms with E-state index in [4.69, 9.17) is 0 Å². The van der Waals surface area contributed by atoms with Crippen molar-refractivity contribution < 1.29 is 4.79 Å². The molecule has 0 atom stereocenters. The van der Waals surface area contributed by atoms with Crippen molar-refractivity contribution in [3.63, 3.8) is 0 Å². The monoisotopic (exact) mass is 406 g/mol. The van der Waals surface area contributed by atoms with Crippen LogP contribution in [0.5, 0.6) is 0 Å². The zero-order valence-electron chi connectivity index (χ0n) is 16.5. The van der Waals surface area contributed by atoms with E-state index in [2.05, 4.69) is 51.2 Å². The van der Waals surface area contributed by atoms with Crippen LogP contribution in [-0.4, -0.2) is 31.1 Å². The number of amides is 1. The van der Waals surface area contributed by atoms with E-state index in [0.717, 1.165) is 39.0 Å². The lowest BCUT2D eigenvalue weighted by Crippen LogP contribution is -2.13. The molecule has 2 aromatic carbocycles. The van der Waals surface area contributed by atoms with Crippen LogP contribution in [0.1, 0.15) is 42.5 Å². The molecule has 0 unspecified atom stereocenters. The molecule has 0 aliphatic rings. The Hall–Kier alpha value is -3.13. The standard InChI is InChI=1S/C21H22N6OS/c1-21(2,3)19-25-16-9-8-15(10-17(16)26-19)24-18(28)14-6-4-13(5-7-14)11-29-20-22-12-23-27-20/h4-10,12H,11H2,1-3H3,(H,24,28)(H,25,26)(H,22,23,27). The molecule has 0 saturated heterocycles. The predicted octanol–water partition coefficient (Wildman–Crippen LogP) is 4.52. The van der Waals surface area contributed by atoms with Gasteiger partial charge >= 0.3 is 0 Å². The summed E-state index contributed by atoms with van der Waals surface area (Å²) < 4.78 is 0. The van der Waals surface area contributed by atoms with Crippen LogP contribution in [0.4, 0.5) is 5.69 Å². The number of hydrogen-bond acceptors (Lipinski definition) is 5. The van der Waals surface area contributed by atoms with E-state index in [0.29, 0.717) is 5.56 Å². The van der Waals surface area contributed by atoms with Crippen molar-refractivity contribution in [1.82, 2.24) is 25.1 Å². The van der Waals surface area contributed by atoms with Gasteiger partial charge in [-0.3, -0.25) is 9.89 Å². The van der Waals surface area contributed by atoms with Crippen LogP contribution in [0.25, 0.3) is 11.0 Å². The predicted molar refractivity (Wildman–Crippen MR) is 115 cm³/mol. The molecule has 4 rings (SSSR count). The first kappa shape index (κ1) is 19.2. The van der Waals surface area contributed by atoms with Crippen molar-refractivity contribution in [3.8, 4) is 0 Å². The van der Waals surface area contributed by atoms with Gasteiger partial charge in [-0.05, 0) is 35.9 Å². The fraction of sp³-hybridized carbons (Fsp3) is 0.238. The highest BCUT2D eigenvalue weighted by atomic mass is 32.2. The van der Waals surface area contributed by atoms with Gasteiger partial charge in [0.05, 0.1) is 11.0 Å². The maximum Gasteiger partial charge on any atom is 0.255 e. The summed E-state index contributed by atoms with van der Waals surface area (Å²) in [6, 6.07) is 13.3. The normalized spacial score (nSPS) is 11.7. The van der Waals surface area contributed by atoms with Crippen LogP contribution in [0.15, 0.2) is 53.9 Å². The maximum absolute atomic E-state index is 12.6. The topological polar surface area (TPSA) is 99.3 Å². The molecule has 0 bridgehead atoms. The molecule has 8 heteroatoms. The molecular weight excluding hydrogens is 384 g/mol. The SMILES string of the molecule is CC(C)(C)c1nc2ccc(NC(=O)c3ccc(CSc4ncn[nH]4)cc3)cc2[nH]1. The summed E-state index contributed by atoms with van der Waals surface area (Å²) in [6.07, 6.45) is 1.49. The van der Waals surface area contributed by atoms with Crippen LogP contribution in [-0.2, 0) is 11.2 Å². The van der Waals surface area contributed by atoms with E-state index in [-0.39, 0.29) is 11.3 Å². The molecule has 0 saturated carbocycles. The average Bonchev–Trinajstić information content (AvgIpc) is 3.35. The van der Waals surface area contributed by atoms with E-state index in [9.17, 15) is 4.79 Å². The number of thioether (sulfide) groups is 1. The molecule has 0 aliphatic heterocycles. The van der Waals surface area contributed by atoms with Gasteiger partial charge in [0.15, 0.2) is 5.16 Å². The van der Waals surface area contributed by atoms with Gasteiger partial charge < -0.3 is 10.3 Å². The highest BCUT2D eigenvalue weighted by Crippen LogP contribution is 2.24. The van der Waals surface area contributed by atoms with Gasteiger partial charge in [0.25, 0.3) is 5.91 Å². The molecule has 29 heavy (non-hydrogen) atoms. The third-order valence-electron chi connectivity index (χ3n) is 4.43. The molecule has 2 aromatic heterocycles. The molecule has 4 aromatic rings. The summed E-state index contributed by atoms with van der Waals surface area (Å²) >= 11 is 1.56. The number of fused-ring (bicyclic) bond motifs is 1. The summed E-state index contributed by atoms with van der Waals surface area (Å²) in [5.41, 5.74) is 4.19. The summed E-state index contributed by atoms with van der Waals surface area (Å²) in [4.78, 5) is 24.7. The van der Waals surface area contributed by atoms with E-state index in [1.165, 1.54) is 6.33 Å². The minimum Gasteiger partial charge on any atom is -0.341 e. The second kappa shape index (κ2) is 7.71. The number of benzene rings is 2. The molecule has 0 aliphatic carbocycles. The lowest BCUT2D eigenvalue weighted by Gasteiger charge is -2.13. The largest absolute Gasteiger partial charge is 0.341 e. The molecule has 7 nitrogen and oxygen atoms in total. The van der Waals surface area contributed by atoms with Crippen molar-refractivity contribution in [2.45, 2.75) is 37.1 Å². The fourth-order valence-corrected chi connectivity index (χ4v) is 3.55. The first-order valence-electron chi connectivity index (χ1n) is 9.27. The number of hydrogen-bond donors (Lipinski definition) is 3. The Morgan fingerprint density at radius 3 is 2.62 bits per heavy atom. The molecule has 1 amide bonds. The smallest absolute Gasteiger partial charge is 0.255 e. The Labute approximate surface area is 172 Å². The third-order valence-corrected chi connectivity index (χ3v) is 5.38. The molecule has 3 N–H and O–H groups in total. The number of nitrogens with one attached hydrogen (secondary N) is 3. The third kappa shape index (κ3) is 4.48. The Balaban J connectivity index is 1.43. The molecule has 2 heterocycles. The Morgan fingerprint density at radius 2 is 1.93 bits per heavy atom. The van der Waals surface area contributed by atoms with E-state index >= 15 is 0 Å². The van der Waals surface area contributed by atoms with E-state index < -0.39 is 0 Å². The number of carbonyl (C=O) groups is 1.